The van der Waals surface area contributed by atoms with Crippen molar-refractivity contribution in [1.82, 2.24) is 19.8 Å². The second-order valence-electron chi connectivity index (χ2n) is 10.6. The minimum absolute atomic E-state index is 0.00180. The minimum Gasteiger partial charge on any atom is -0.385 e. The number of ketones is 1. The van der Waals surface area contributed by atoms with Gasteiger partial charge in [0.25, 0.3) is 0 Å². The molecule has 3 N–H and O–H groups in total. The van der Waals surface area contributed by atoms with Crippen molar-refractivity contribution in [2.75, 3.05) is 20.3 Å². The SMILES string of the molecule is COCCCNC(=S)N(Cc1ccccc1C(F)(F)F)C(N)[C@@H](C(=O)Cc1cncn1Cc1ccc(C#N)cc1)C(C)C. The topological polar surface area (TPSA) is 109 Å². The van der Waals surface area contributed by atoms with Gasteiger partial charge in [-0.3, -0.25) is 4.79 Å². The lowest BCUT2D eigenvalue weighted by Gasteiger charge is -2.38. The highest BCUT2D eigenvalue weighted by Crippen LogP contribution is 2.33. The largest absolute Gasteiger partial charge is 0.416 e. The number of carbonyl (C=O) groups excluding carboxylic acids is 1. The summed E-state index contributed by atoms with van der Waals surface area (Å²) in [5, 5.41) is 12.3. The molecule has 0 amide bonds. The lowest BCUT2D eigenvalue weighted by Crippen LogP contribution is -2.56. The Kier molecular flexibility index (Phi) is 12.2. The number of rotatable bonds is 14. The van der Waals surface area contributed by atoms with E-state index >= 15 is 0 Å². The summed E-state index contributed by atoms with van der Waals surface area (Å²) < 4.78 is 48.5. The number of thiocarbonyl (C=S) groups is 1. The summed E-state index contributed by atoms with van der Waals surface area (Å²) >= 11 is 5.62. The average Bonchev–Trinajstić information content (AvgIpc) is 3.39. The number of Topliss-reactive ketones (excluding diaryl/α,β-unsaturated/α-hetero) is 1. The number of hydrogen-bond donors (Lipinski definition) is 2. The zero-order valence-corrected chi connectivity index (χ0v) is 25.3. The monoisotopic (exact) mass is 614 g/mol. The fraction of sp³-hybridized carbons (Fsp3) is 0.419. The van der Waals surface area contributed by atoms with Crippen molar-refractivity contribution >= 4 is 23.1 Å². The van der Waals surface area contributed by atoms with Gasteiger partial charge >= 0.3 is 6.18 Å². The molecule has 8 nitrogen and oxygen atoms in total. The maximum absolute atomic E-state index is 13.9. The molecule has 0 spiro atoms. The molecule has 2 aromatic carbocycles. The zero-order valence-electron chi connectivity index (χ0n) is 24.5. The van der Waals surface area contributed by atoms with E-state index in [1.807, 2.05) is 30.5 Å². The number of carbonyl (C=O) groups is 1. The number of halogens is 3. The summed E-state index contributed by atoms with van der Waals surface area (Å²) in [6.07, 6.45) is -1.69. The zero-order chi connectivity index (χ0) is 31.6. The van der Waals surface area contributed by atoms with E-state index in [4.69, 9.17) is 28.0 Å². The van der Waals surface area contributed by atoms with Crippen molar-refractivity contribution in [2.24, 2.45) is 17.6 Å². The van der Waals surface area contributed by atoms with Crippen LogP contribution in [0.5, 0.6) is 0 Å². The first kappa shape index (κ1) is 33.7. The lowest BCUT2D eigenvalue weighted by atomic mass is 9.86. The van der Waals surface area contributed by atoms with E-state index in [0.717, 1.165) is 11.6 Å². The maximum atomic E-state index is 13.9. The van der Waals surface area contributed by atoms with Crippen LogP contribution in [0.2, 0.25) is 0 Å². The molecular formula is C31H37F3N6O2S. The summed E-state index contributed by atoms with van der Waals surface area (Å²) in [6.45, 7) is 4.82. The van der Waals surface area contributed by atoms with E-state index in [9.17, 15) is 18.0 Å². The van der Waals surface area contributed by atoms with Crippen molar-refractivity contribution in [3.8, 4) is 6.07 Å². The molecule has 0 aliphatic carbocycles. The average molecular weight is 615 g/mol. The fourth-order valence-corrected chi connectivity index (χ4v) is 5.20. The van der Waals surface area contributed by atoms with Gasteiger partial charge in [0.15, 0.2) is 5.11 Å². The quantitative estimate of drug-likeness (QED) is 0.150. The van der Waals surface area contributed by atoms with Crippen LogP contribution in [0.15, 0.2) is 61.1 Å². The Morgan fingerprint density at radius 2 is 1.91 bits per heavy atom. The molecule has 1 unspecified atom stereocenters. The van der Waals surface area contributed by atoms with E-state index in [1.54, 1.807) is 31.8 Å². The molecule has 0 aliphatic rings. The molecule has 230 valence electrons. The first-order valence-electron chi connectivity index (χ1n) is 13.9. The fourth-order valence-electron chi connectivity index (χ4n) is 4.91. The Bertz CT molecular complexity index is 1400. The summed E-state index contributed by atoms with van der Waals surface area (Å²) in [5.74, 6) is -1.18. The molecule has 3 aromatic rings. The molecular weight excluding hydrogens is 577 g/mol. The number of aromatic nitrogens is 2. The number of nitrogens with zero attached hydrogens (tertiary/aromatic N) is 4. The predicted molar refractivity (Wildman–Crippen MR) is 162 cm³/mol. The number of methoxy groups -OCH3 is 1. The van der Waals surface area contributed by atoms with E-state index < -0.39 is 23.8 Å². The van der Waals surface area contributed by atoms with Crippen LogP contribution in [0.25, 0.3) is 0 Å². The molecule has 43 heavy (non-hydrogen) atoms. The Labute approximate surface area is 255 Å². The Morgan fingerprint density at radius 3 is 2.53 bits per heavy atom. The Balaban J connectivity index is 1.87. The van der Waals surface area contributed by atoms with Gasteiger partial charge in [0.1, 0.15) is 5.78 Å². The van der Waals surface area contributed by atoms with Crippen LogP contribution in [-0.2, 0) is 35.2 Å². The molecule has 12 heteroatoms. The molecule has 0 aliphatic heterocycles. The van der Waals surface area contributed by atoms with Gasteiger partial charge in [-0.05, 0) is 53.9 Å². The van der Waals surface area contributed by atoms with E-state index in [2.05, 4.69) is 16.4 Å². The van der Waals surface area contributed by atoms with Gasteiger partial charge in [0.2, 0.25) is 0 Å². The third-order valence-electron chi connectivity index (χ3n) is 7.13. The van der Waals surface area contributed by atoms with Crippen LogP contribution in [0, 0.1) is 23.2 Å². The van der Waals surface area contributed by atoms with Gasteiger partial charge in [-0.2, -0.15) is 18.4 Å². The molecule has 1 heterocycles. The van der Waals surface area contributed by atoms with Crippen LogP contribution in [0.1, 0.15) is 48.2 Å². The predicted octanol–water partition coefficient (Wildman–Crippen LogP) is 4.90. The summed E-state index contributed by atoms with van der Waals surface area (Å²) in [7, 11) is 1.57. The Hall–Kier alpha value is -3.79. The molecule has 3 rings (SSSR count). The van der Waals surface area contributed by atoms with Crippen LogP contribution in [0.4, 0.5) is 13.2 Å². The van der Waals surface area contributed by atoms with Crippen molar-refractivity contribution < 1.29 is 22.7 Å². The van der Waals surface area contributed by atoms with Crippen molar-refractivity contribution in [3.63, 3.8) is 0 Å². The van der Waals surface area contributed by atoms with Gasteiger partial charge in [0.05, 0.1) is 35.6 Å². The number of hydrogen-bond acceptors (Lipinski definition) is 6. The number of alkyl halides is 3. The first-order chi connectivity index (χ1) is 20.5. The molecule has 0 bridgehead atoms. The van der Waals surface area contributed by atoms with Gasteiger partial charge in [-0.25, -0.2) is 4.98 Å². The van der Waals surface area contributed by atoms with Crippen molar-refractivity contribution in [3.05, 3.63) is 89.0 Å². The number of benzene rings is 2. The van der Waals surface area contributed by atoms with Crippen LogP contribution >= 0.6 is 12.2 Å². The van der Waals surface area contributed by atoms with E-state index in [0.29, 0.717) is 37.4 Å². The number of imidazole rings is 1. The second kappa shape index (κ2) is 15.6. The number of nitriles is 1. The third kappa shape index (κ3) is 9.35. The molecule has 1 aromatic heterocycles. The van der Waals surface area contributed by atoms with Gasteiger partial charge in [-0.15, -0.1) is 0 Å². The Morgan fingerprint density at radius 1 is 1.21 bits per heavy atom. The summed E-state index contributed by atoms with van der Waals surface area (Å²) in [4.78, 5) is 19.5. The molecule has 2 atom stereocenters. The van der Waals surface area contributed by atoms with Crippen LogP contribution < -0.4 is 11.1 Å². The number of nitrogens with two attached hydrogens (primary N) is 1. The van der Waals surface area contributed by atoms with Crippen LogP contribution in [0.3, 0.4) is 0 Å². The lowest BCUT2D eigenvalue weighted by molar-refractivity contribution is -0.138. The van der Waals surface area contributed by atoms with E-state index in [-0.39, 0.29) is 35.3 Å². The number of nitrogens with one attached hydrogen (secondary N) is 1. The molecule has 0 fully saturated rings. The summed E-state index contributed by atoms with van der Waals surface area (Å²) in [5.41, 5.74) is 8.11. The first-order valence-corrected chi connectivity index (χ1v) is 14.3. The van der Waals surface area contributed by atoms with Crippen molar-refractivity contribution in [2.45, 2.75) is 52.1 Å². The van der Waals surface area contributed by atoms with E-state index in [1.165, 1.54) is 23.1 Å². The van der Waals surface area contributed by atoms with Crippen LogP contribution in [-0.4, -0.2) is 51.8 Å². The highest BCUT2D eigenvalue weighted by molar-refractivity contribution is 7.80. The van der Waals surface area contributed by atoms with Gasteiger partial charge in [-0.1, -0.05) is 44.2 Å². The molecule has 0 saturated heterocycles. The van der Waals surface area contributed by atoms with Gasteiger partial charge in [0, 0.05) is 51.7 Å². The third-order valence-corrected chi connectivity index (χ3v) is 7.51. The summed E-state index contributed by atoms with van der Waals surface area (Å²) in [6, 6.07) is 14.5. The maximum Gasteiger partial charge on any atom is 0.416 e. The van der Waals surface area contributed by atoms with Crippen molar-refractivity contribution in [1.29, 1.82) is 5.26 Å². The molecule has 0 saturated carbocycles. The minimum atomic E-state index is -4.57. The highest BCUT2D eigenvalue weighted by atomic mass is 32.1. The number of ether oxygens (including phenoxy) is 1. The smallest absolute Gasteiger partial charge is 0.385 e. The molecule has 0 radical (unpaired) electrons. The second-order valence-corrected chi connectivity index (χ2v) is 11.0. The van der Waals surface area contributed by atoms with Gasteiger partial charge < -0.3 is 25.3 Å². The highest BCUT2D eigenvalue weighted by Gasteiger charge is 2.37. The normalized spacial score (nSPS) is 12.9. The standard InChI is InChI=1S/C31H37F3N6O2S/c1-21(2)28(27(41)15-25-17-37-20-39(25)18-23-11-9-22(16-35)10-12-23)29(36)40(30(43)38-13-6-14-42-3)19-24-7-4-5-8-26(24)31(32,33)34/h4-5,7-12,17,20-21,28-29H,6,13-15,18-19,36H2,1-3H3,(H,38,43)/t28-,29?/m1/s1.